The van der Waals surface area contributed by atoms with Crippen LogP contribution in [0, 0.1) is 0 Å². The molecular formula is C134H206O9. The van der Waals surface area contributed by atoms with Gasteiger partial charge in [-0.3, -0.25) is 0 Å². The molecule has 0 aliphatic rings. The smallest absolute Gasteiger partial charge is 0.203 e. The van der Waals surface area contributed by atoms with Gasteiger partial charge in [-0.25, -0.2) is 0 Å². The lowest BCUT2D eigenvalue weighted by molar-refractivity contribution is 0.232. The molecule has 143 heavy (non-hydrogen) atoms. The summed E-state index contributed by atoms with van der Waals surface area (Å²) in [5.74, 6) is 6.44. The number of benzene rings is 8. The lowest BCUT2D eigenvalue weighted by atomic mass is 9.92. The number of aromatic hydroxyl groups is 1. The van der Waals surface area contributed by atoms with Gasteiger partial charge in [0.25, 0.3) is 0 Å². The molecule has 796 valence electrons. The minimum Gasteiger partial charge on any atom is -0.508 e. The number of hydrogen-bond acceptors (Lipinski definition) is 9. The Morgan fingerprint density at radius 1 is 0.147 bits per heavy atom. The normalized spacial score (nSPS) is 11.5. The highest BCUT2D eigenvalue weighted by atomic mass is 16.6. The first kappa shape index (κ1) is 120. The molecule has 0 unspecified atom stereocenters. The number of unbranched alkanes of at least 4 members (excludes halogenated alkanes) is 66. The molecule has 8 rings (SSSR count). The van der Waals surface area contributed by atoms with E-state index in [0.29, 0.717) is 52.9 Å². The molecule has 8 aromatic carbocycles. The Morgan fingerprint density at radius 3 is 0.476 bits per heavy atom. The number of ether oxygens (including phenoxy) is 8. The van der Waals surface area contributed by atoms with Gasteiger partial charge in [-0.15, -0.1) is 0 Å². The van der Waals surface area contributed by atoms with Crippen LogP contribution in [0.1, 0.15) is 515 Å². The van der Waals surface area contributed by atoms with Gasteiger partial charge in [-0.1, -0.05) is 550 Å². The molecule has 9 heteroatoms. The molecule has 0 heterocycles. The number of phenolic OH excluding ortho intramolecular Hbond substituents is 1. The van der Waals surface area contributed by atoms with Gasteiger partial charge >= 0.3 is 0 Å². The summed E-state index contributed by atoms with van der Waals surface area (Å²) in [6.45, 7) is 18.4. The van der Waals surface area contributed by atoms with Crippen molar-refractivity contribution in [3.05, 3.63) is 175 Å². The van der Waals surface area contributed by atoms with Gasteiger partial charge in [0.1, 0.15) is 30.5 Å². The predicted molar refractivity (Wildman–Crippen MR) is 616 cm³/mol. The van der Waals surface area contributed by atoms with E-state index in [9.17, 15) is 5.11 Å². The molecule has 0 aliphatic carbocycles. The molecule has 8 aromatic rings. The summed E-state index contributed by atoms with van der Waals surface area (Å²) in [6.07, 6.45) is 93.8. The van der Waals surface area contributed by atoms with Gasteiger partial charge in [0.05, 0.1) is 39.6 Å². The van der Waals surface area contributed by atoms with Crippen LogP contribution in [0.5, 0.6) is 51.7 Å². The van der Waals surface area contributed by atoms with Crippen LogP contribution in [0.2, 0.25) is 0 Å². The van der Waals surface area contributed by atoms with Crippen LogP contribution in [0.4, 0.5) is 0 Å². The maximum absolute atomic E-state index is 10.0. The lowest BCUT2D eigenvalue weighted by Crippen LogP contribution is -2.08. The molecular weight excluding hydrogens is 1750 g/mol. The number of rotatable bonds is 95. The Balaban J connectivity index is 1.02. The van der Waals surface area contributed by atoms with Crippen LogP contribution in [0.15, 0.2) is 164 Å². The third-order valence-corrected chi connectivity index (χ3v) is 29.4. The first-order valence-corrected chi connectivity index (χ1v) is 60.5. The Hall–Kier alpha value is -8.04. The molecule has 0 amide bonds. The zero-order valence-electron chi connectivity index (χ0n) is 92.4. The minimum absolute atomic E-state index is 0.268. The molecule has 0 saturated carbocycles. The molecule has 0 atom stereocenters. The average Bonchev–Trinajstić information content (AvgIpc) is 0.802. The topological polar surface area (TPSA) is 94.1 Å². The maximum Gasteiger partial charge on any atom is 0.203 e. The Labute approximate surface area is 876 Å². The third-order valence-electron chi connectivity index (χ3n) is 29.4. The van der Waals surface area contributed by atoms with E-state index < -0.39 is 0 Å². The number of phenols is 1. The molecule has 9 nitrogen and oxygen atoms in total. The first-order valence-electron chi connectivity index (χ1n) is 60.5. The average molecular weight is 1960 g/mol. The van der Waals surface area contributed by atoms with E-state index in [1.54, 1.807) is 12.1 Å². The van der Waals surface area contributed by atoms with Gasteiger partial charge in [0.15, 0.2) is 23.0 Å². The van der Waals surface area contributed by atoms with Crippen molar-refractivity contribution in [2.24, 2.45) is 0 Å². The van der Waals surface area contributed by atoms with Crippen LogP contribution in [-0.4, -0.2) is 44.7 Å². The van der Waals surface area contributed by atoms with E-state index in [1.165, 1.54) is 398 Å². The van der Waals surface area contributed by atoms with E-state index >= 15 is 0 Å². The third kappa shape index (κ3) is 55.0. The second kappa shape index (κ2) is 82.0. The van der Waals surface area contributed by atoms with E-state index in [1.807, 2.05) is 12.1 Å². The maximum atomic E-state index is 10.0. The molecule has 0 radical (unpaired) electrons. The van der Waals surface area contributed by atoms with Gasteiger partial charge in [-0.05, 0) is 184 Å². The highest BCUT2D eigenvalue weighted by Crippen LogP contribution is 2.44. The summed E-state index contributed by atoms with van der Waals surface area (Å²) in [4.78, 5) is 0. The first-order chi connectivity index (χ1) is 70.8. The Morgan fingerprint density at radius 2 is 0.294 bits per heavy atom. The van der Waals surface area contributed by atoms with Crippen LogP contribution in [0.25, 0.3) is 55.6 Å². The quantitative estimate of drug-likeness (QED) is 0.0374. The van der Waals surface area contributed by atoms with E-state index in [0.717, 1.165) is 177 Å². The fourth-order valence-corrected chi connectivity index (χ4v) is 20.2. The fourth-order valence-electron chi connectivity index (χ4n) is 20.2. The summed E-state index contributed by atoms with van der Waals surface area (Å²) in [5.41, 5.74) is 13.1. The van der Waals surface area contributed by atoms with E-state index in [4.69, 9.17) is 37.9 Å². The molecule has 0 saturated heterocycles. The van der Waals surface area contributed by atoms with E-state index in [2.05, 4.69) is 181 Å². The van der Waals surface area contributed by atoms with Gasteiger partial charge < -0.3 is 43.0 Å². The van der Waals surface area contributed by atoms with Crippen LogP contribution >= 0.6 is 0 Å². The second-order valence-electron chi connectivity index (χ2n) is 42.4. The molecule has 1 N–H and O–H groups in total. The van der Waals surface area contributed by atoms with Crippen molar-refractivity contribution in [3.8, 4) is 107 Å². The van der Waals surface area contributed by atoms with Crippen molar-refractivity contribution >= 4 is 0 Å². The zero-order valence-corrected chi connectivity index (χ0v) is 92.4. The molecule has 0 fully saturated rings. The Bertz CT molecular complexity index is 4010. The minimum atomic E-state index is 0.268. The second-order valence-corrected chi connectivity index (χ2v) is 42.4. The van der Waals surface area contributed by atoms with Crippen molar-refractivity contribution in [1.82, 2.24) is 0 Å². The SMILES string of the molecule is CCCCCCCCCCCCCCOc1cc(COc2ccc(-c3cc(-c4ccc(OCc5cc(OCCCCCCCCCCCCCC)c(OCCCCCCCCCCCCCC)c(OCCCCCCCCCCCCCC)c5)cc4)cc(-c4ccc(-c5ccc(-c6ccc(O)cc6)cc5)cc4)c3)cc2)cc(OCCCCCCCCCCCCCC)c1OCCCCCCCCCCCCCC. The lowest BCUT2D eigenvalue weighted by Gasteiger charge is -2.19. The van der Waals surface area contributed by atoms with Crippen molar-refractivity contribution in [2.75, 3.05) is 39.6 Å². The molecule has 0 aromatic heterocycles. The zero-order chi connectivity index (χ0) is 100. The summed E-state index contributed by atoms with van der Waals surface area (Å²) in [7, 11) is 0. The van der Waals surface area contributed by atoms with Crippen molar-refractivity contribution in [3.63, 3.8) is 0 Å². The molecule has 0 spiro atoms. The fraction of sp³-hybridized carbons (Fsp3) is 0.642. The van der Waals surface area contributed by atoms with Crippen LogP contribution in [-0.2, 0) is 13.2 Å². The standard InChI is InChI=1S/C134H206O9/c1-7-13-19-25-31-37-43-49-55-61-67-73-99-136-129-105-114(106-130(137-100-74-68-62-56-50-44-38-32-26-20-14-8-2)133(129)140-103-77-71-65-59-53-47-41-35-29-23-17-11-5)112-142-127-95-89-121(90-96-127)124-109-123(120-85-83-117(84-86-120)116-79-81-118(82-80-116)119-87-93-126(135)94-88-119)110-125(111-124)122-91-97-128(98-92-122)143-113-115-107-131(138-101-75-69-63-57-51-45-39-33-27-21-15-9-3)134(141-104-78-72-66-60-54-48-42-36-30-24-18-12-6)132(108-115)139-102-76-70-64-58-52-46-40-34-28-22-16-10-4/h79-98,105-111,135H,7-78,99-104,112-113H2,1-6H3. The number of hydrogen-bond donors (Lipinski definition) is 1. The summed E-state index contributed by atoms with van der Waals surface area (Å²) >= 11 is 0. The summed E-state index contributed by atoms with van der Waals surface area (Å²) < 4.78 is 55.1. The Kier molecular flexibility index (Phi) is 68.9. The van der Waals surface area contributed by atoms with Crippen LogP contribution < -0.4 is 37.9 Å². The highest BCUT2D eigenvalue weighted by Gasteiger charge is 2.21. The largest absolute Gasteiger partial charge is 0.508 e. The van der Waals surface area contributed by atoms with Gasteiger partial charge in [0.2, 0.25) is 11.5 Å². The van der Waals surface area contributed by atoms with Crippen molar-refractivity contribution in [1.29, 1.82) is 0 Å². The predicted octanol–water partition coefficient (Wildman–Crippen LogP) is 43.4. The monoisotopic (exact) mass is 1960 g/mol. The summed E-state index contributed by atoms with van der Waals surface area (Å²) in [5, 5.41) is 10.0. The molecule has 0 aliphatic heterocycles. The van der Waals surface area contributed by atoms with Crippen molar-refractivity contribution in [2.45, 2.75) is 517 Å². The van der Waals surface area contributed by atoms with Crippen LogP contribution in [0.3, 0.4) is 0 Å². The molecule has 0 bridgehead atoms. The highest BCUT2D eigenvalue weighted by molar-refractivity contribution is 5.82. The summed E-state index contributed by atoms with van der Waals surface area (Å²) in [6, 6.07) is 58.2. The van der Waals surface area contributed by atoms with Gasteiger partial charge in [0, 0.05) is 0 Å². The van der Waals surface area contributed by atoms with Crippen molar-refractivity contribution < 1.29 is 43.0 Å². The van der Waals surface area contributed by atoms with Gasteiger partial charge in [-0.2, -0.15) is 0 Å². The van der Waals surface area contributed by atoms with E-state index in [-0.39, 0.29) is 5.75 Å².